The van der Waals surface area contributed by atoms with Gasteiger partial charge in [0, 0.05) is 13.5 Å². The molecule has 0 aromatic carbocycles. The molecule has 1 unspecified atom stereocenters. The molecule has 1 N–H and O–H groups in total. The van der Waals surface area contributed by atoms with Crippen molar-refractivity contribution in [2.24, 2.45) is 0 Å². The average Bonchev–Trinajstić information content (AvgIpc) is 2.62. The van der Waals surface area contributed by atoms with Crippen LogP contribution in [0, 0.1) is 0 Å². The number of alkyl halides is 10. The van der Waals surface area contributed by atoms with Crippen molar-refractivity contribution >= 4 is 22.0 Å². The lowest BCUT2D eigenvalue weighted by molar-refractivity contribution is -0.347. The van der Waals surface area contributed by atoms with Crippen molar-refractivity contribution in [1.29, 1.82) is 0 Å². The van der Waals surface area contributed by atoms with Gasteiger partial charge in [0.15, 0.2) is 10.1 Å². The van der Waals surface area contributed by atoms with Gasteiger partial charge in [0.2, 0.25) is 0 Å². The van der Waals surface area contributed by atoms with Crippen LogP contribution in [0.25, 0.3) is 0 Å². The van der Waals surface area contributed by atoms with Gasteiger partial charge in [-0.1, -0.05) is 6.58 Å². The second kappa shape index (κ2) is 10.00. The molecule has 0 aromatic heterocycles. The molecular formula is C14H14F10NO7S-. The number of ether oxygens (including phenoxy) is 2. The maximum absolute atomic E-state index is 13.4. The maximum atomic E-state index is 13.4. The third-order valence-electron chi connectivity index (χ3n) is 3.65. The third kappa shape index (κ3) is 6.92. The molecule has 0 heterocycles. The molecule has 0 fully saturated rings. The number of hydrogen-bond donors (Lipinski definition) is 1. The predicted octanol–water partition coefficient (Wildman–Crippen LogP) is 2.61. The van der Waals surface area contributed by atoms with Gasteiger partial charge >= 0.3 is 41.2 Å². The van der Waals surface area contributed by atoms with E-state index in [-0.39, 0.29) is 0 Å². The average molecular weight is 530 g/mol. The number of esters is 1. The highest BCUT2D eigenvalue weighted by Gasteiger charge is 2.67. The number of carbonyl (C=O) groups excluding carboxylic acids is 2. The fourth-order valence-electron chi connectivity index (χ4n) is 1.88. The summed E-state index contributed by atoms with van der Waals surface area (Å²) in [4.78, 5) is 23.1. The molecule has 194 valence electrons. The van der Waals surface area contributed by atoms with E-state index >= 15 is 0 Å². The fourth-order valence-corrected chi connectivity index (χ4v) is 2.34. The minimum atomic E-state index is -6.82. The van der Waals surface area contributed by atoms with E-state index in [0.29, 0.717) is 7.05 Å². The monoisotopic (exact) mass is 530 g/mol. The van der Waals surface area contributed by atoms with Gasteiger partial charge in [0.25, 0.3) is 0 Å². The summed E-state index contributed by atoms with van der Waals surface area (Å²) in [6.07, 6.45) is -16.0. The predicted molar refractivity (Wildman–Crippen MR) is 83.5 cm³/mol. The lowest BCUT2D eigenvalue weighted by Gasteiger charge is -2.33. The number of likely N-dealkylation sites (N-methyl/N-ethyl adjacent to an activating group) is 1. The Morgan fingerprint density at radius 1 is 0.970 bits per heavy atom. The van der Waals surface area contributed by atoms with E-state index in [1.165, 1.54) is 5.32 Å². The maximum Gasteiger partial charge on any atom is 0.466 e. The molecule has 0 aliphatic rings. The Kier molecular flexibility index (Phi) is 9.35. The highest BCUT2D eigenvalue weighted by Crippen LogP contribution is 2.42. The number of nitrogens with one attached hydrogen (secondary N) is 1. The van der Waals surface area contributed by atoms with Crippen molar-refractivity contribution in [2.45, 2.75) is 48.6 Å². The third-order valence-corrected chi connectivity index (χ3v) is 4.58. The first-order valence-corrected chi connectivity index (χ1v) is 9.52. The van der Waals surface area contributed by atoms with E-state index in [9.17, 15) is 66.5 Å². The van der Waals surface area contributed by atoms with Crippen molar-refractivity contribution in [3.63, 3.8) is 0 Å². The van der Waals surface area contributed by atoms with E-state index in [1.54, 1.807) is 0 Å². The summed E-state index contributed by atoms with van der Waals surface area (Å²) in [6.45, 7) is 0.678. The molecule has 0 saturated carbocycles. The largest absolute Gasteiger partial charge is 0.743 e. The van der Waals surface area contributed by atoms with Gasteiger partial charge in [-0.15, -0.1) is 0 Å². The lowest BCUT2D eigenvalue weighted by Crippen LogP contribution is -2.61. The Bertz CT molecular complexity index is 853. The number of amides is 1. The number of unbranched alkanes of at least 4 members (excludes halogenated alkanes) is 1. The molecule has 0 saturated heterocycles. The second-order valence-corrected chi connectivity index (χ2v) is 7.46. The zero-order chi connectivity index (χ0) is 26.7. The Labute approximate surface area is 178 Å². The molecule has 1 atom stereocenters. The van der Waals surface area contributed by atoms with E-state index in [2.05, 4.69) is 16.1 Å². The van der Waals surface area contributed by atoms with Crippen LogP contribution in [0.3, 0.4) is 0 Å². The zero-order valence-electron chi connectivity index (χ0n) is 16.1. The van der Waals surface area contributed by atoms with Crippen molar-refractivity contribution in [1.82, 2.24) is 5.32 Å². The Balaban J connectivity index is 5.58. The molecule has 8 nitrogen and oxygen atoms in total. The highest BCUT2D eigenvalue weighted by atomic mass is 32.2. The molecule has 1 amide bonds. The van der Waals surface area contributed by atoms with Gasteiger partial charge in [-0.2, -0.15) is 43.9 Å². The van der Waals surface area contributed by atoms with Crippen LogP contribution in [0.15, 0.2) is 12.2 Å². The number of carbonyl (C=O) groups is 2. The van der Waals surface area contributed by atoms with Crippen molar-refractivity contribution < 1.29 is 75.9 Å². The topological polar surface area (TPSA) is 122 Å². The second-order valence-electron chi connectivity index (χ2n) is 6.04. The molecule has 0 spiro atoms. The zero-order valence-corrected chi connectivity index (χ0v) is 16.9. The van der Waals surface area contributed by atoms with Gasteiger partial charge in [0.1, 0.15) is 5.57 Å². The quantitative estimate of drug-likeness (QED) is 0.109. The Morgan fingerprint density at radius 2 is 1.45 bits per heavy atom. The van der Waals surface area contributed by atoms with E-state index in [0.717, 1.165) is 0 Å². The summed E-state index contributed by atoms with van der Waals surface area (Å²) in [5, 5.41) is -4.76. The molecule has 33 heavy (non-hydrogen) atoms. The van der Waals surface area contributed by atoms with Crippen LogP contribution >= 0.6 is 0 Å². The SMILES string of the molecule is C=C(C(=O)OC(OCCCCC(F)(F)C(F)(F)S(=O)(=O)[O-])(C(=O)NC)C(F)(F)F)C(F)(F)F. The van der Waals surface area contributed by atoms with Crippen molar-refractivity contribution in [3.8, 4) is 0 Å². The van der Waals surface area contributed by atoms with Crippen LogP contribution in [0.1, 0.15) is 19.3 Å². The first-order valence-electron chi connectivity index (χ1n) is 8.11. The van der Waals surface area contributed by atoms with E-state index in [4.69, 9.17) is 0 Å². The van der Waals surface area contributed by atoms with Crippen molar-refractivity contribution in [3.05, 3.63) is 12.2 Å². The van der Waals surface area contributed by atoms with Gasteiger partial charge in [-0.25, -0.2) is 13.2 Å². The fraction of sp³-hybridized carbons (Fsp3) is 0.714. The molecular weight excluding hydrogens is 516 g/mol. The Morgan fingerprint density at radius 3 is 1.82 bits per heavy atom. The van der Waals surface area contributed by atoms with Gasteiger partial charge in [-0.05, 0) is 12.8 Å². The van der Waals surface area contributed by atoms with Crippen LogP contribution in [0.5, 0.6) is 0 Å². The molecule has 0 radical (unpaired) electrons. The van der Waals surface area contributed by atoms with E-state index < -0.39 is 82.8 Å². The molecule has 0 aliphatic carbocycles. The van der Waals surface area contributed by atoms with E-state index in [1.807, 2.05) is 0 Å². The van der Waals surface area contributed by atoms with Crippen LogP contribution in [-0.2, 0) is 29.2 Å². The number of hydrogen-bond acceptors (Lipinski definition) is 7. The summed E-state index contributed by atoms with van der Waals surface area (Å²) in [5.41, 5.74) is -2.47. The lowest BCUT2D eigenvalue weighted by atomic mass is 10.1. The van der Waals surface area contributed by atoms with Crippen LogP contribution in [0.2, 0.25) is 0 Å². The van der Waals surface area contributed by atoms with Crippen LogP contribution < -0.4 is 5.32 Å². The van der Waals surface area contributed by atoms with Gasteiger partial charge in [0.05, 0.1) is 6.61 Å². The normalized spacial score (nSPS) is 15.5. The summed E-state index contributed by atoms with van der Waals surface area (Å²) in [5.74, 6) is -15.3. The molecule has 0 aromatic rings. The number of halogens is 10. The summed E-state index contributed by atoms with van der Waals surface area (Å²) in [7, 11) is -6.29. The van der Waals surface area contributed by atoms with Crippen molar-refractivity contribution in [2.75, 3.05) is 13.7 Å². The first kappa shape index (κ1) is 30.9. The van der Waals surface area contributed by atoms with Crippen LogP contribution in [0.4, 0.5) is 43.9 Å². The smallest absolute Gasteiger partial charge is 0.466 e. The minimum Gasteiger partial charge on any atom is -0.743 e. The number of rotatable bonds is 11. The minimum absolute atomic E-state index is 0.532. The first-order chi connectivity index (χ1) is 14.5. The molecule has 0 aliphatic heterocycles. The van der Waals surface area contributed by atoms with Gasteiger partial charge < -0.3 is 19.3 Å². The molecule has 0 bridgehead atoms. The molecule has 0 rings (SSSR count). The Hall–Kier alpha value is -2.15. The van der Waals surface area contributed by atoms with Crippen LogP contribution in [-0.4, -0.2) is 67.8 Å². The molecule has 19 heteroatoms. The summed E-state index contributed by atoms with van der Waals surface area (Å²) < 4.78 is 169. The summed E-state index contributed by atoms with van der Waals surface area (Å²) >= 11 is 0. The van der Waals surface area contributed by atoms with Gasteiger partial charge in [-0.3, -0.25) is 4.79 Å². The highest BCUT2D eigenvalue weighted by molar-refractivity contribution is 7.86. The standard InChI is InChI=1S/C14H15F10NO7S/c1-7(12(17,18)19)8(26)32-11(9(27)25-2,13(20,21)22)31-6-4-3-5-10(15,16)14(23,24)33(28,29)30/h1,3-6H2,2H3,(H,25,27)(H,28,29,30)/p-1. The summed E-state index contributed by atoms with van der Waals surface area (Å²) in [6, 6.07) is 0.